The zero-order chi connectivity index (χ0) is 22.1. The maximum absolute atomic E-state index is 12.7. The van der Waals surface area contributed by atoms with E-state index < -0.39 is 27.2 Å². The van der Waals surface area contributed by atoms with Gasteiger partial charge in [-0.2, -0.15) is 0 Å². The molecule has 1 saturated carbocycles. The Morgan fingerprint density at radius 1 is 1.27 bits per heavy atom. The van der Waals surface area contributed by atoms with Crippen LogP contribution in [0.5, 0.6) is 0 Å². The number of carbonyl (C=O) groups is 1. The van der Waals surface area contributed by atoms with Gasteiger partial charge in [0.1, 0.15) is 22.9 Å². The van der Waals surface area contributed by atoms with Crippen molar-refractivity contribution in [2.24, 2.45) is 0 Å². The quantitative estimate of drug-likeness (QED) is 0.483. The summed E-state index contributed by atoms with van der Waals surface area (Å²) in [6.07, 6.45) is 2.49. The van der Waals surface area contributed by atoms with Gasteiger partial charge < -0.3 is 21.4 Å². The molecule has 30 heavy (non-hydrogen) atoms. The number of aromatic nitrogens is 2. The third-order valence-corrected chi connectivity index (χ3v) is 6.78. The molecule has 1 amide bonds. The molecular weight excluding hydrogens is 408 g/mol. The van der Waals surface area contributed by atoms with Gasteiger partial charge in [-0.25, -0.2) is 18.1 Å². The Morgan fingerprint density at radius 3 is 2.57 bits per heavy atom. The Kier molecular flexibility index (Phi) is 6.13. The molecule has 2 aromatic rings. The number of nitrogens with one attached hydrogen (secondary N) is 2. The van der Waals surface area contributed by atoms with Gasteiger partial charge in [0, 0.05) is 24.0 Å². The highest BCUT2D eigenvalue weighted by Gasteiger charge is 2.28. The van der Waals surface area contributed by atoms with Gasteiger partial charge in [-0.15, -0.1) is 0 Å². The first kappa shape index (κ1) is 21.8. The minimum atomic E-state index is -3.90. The van der Waals surface area contributed by atoms with Gasteiger partial charge in [-0.05, 0) is 44.4 Å². The average molecular weight is 435 g/mol. The molecule has 162 valence electrons. The summed E-state index contributed by atoms with van der Waals surface area (Å²) in [6, 6.07) is 4.59. The second-order valence-corrected chi connectivity index (χ2v) is 9.14. The van der Waals surface area contributed by atoms with Crippen LogP contribution in [0.15, 0.2) is 27.9 Å². The topological polar surface area (TPSA) is 162 Å². The molecule has 0 atom stereocenters. The molecule has 1 aliphatic rings. The first-order valence-electron chi connectivity index (χ1n) is 9.59. The van der Waals surface area contributed by atoms with Crippen molar-refractivity contribution < 1.29 is 13.2 Å². The van der Waals surface area contributed by atoms with Gasteiger partial charge in [0.2, 0.25) is 15.9 Å². The van der Waals surface area contributed by atoms with E-state index in [2.05, 4.69) is 15.0 Å². The lowest BCUT2D eigenvalue weighted by Crippen LogP contribution is -2.41. The van der Waals surface area contributed by atoms with E-state index in [1.807, 2.05) is 0 Å². The van der Waals surface area contributed by atoms with Crippen LogP contribution in [0, 0.1) is 13.8 Å². The monoisotopic (exact) mass is 434 g/mol. The van der Waals surface area contributed by atoms with Crippen LogP contribution < -0.4 is 27.1 Å². The van der Waals surface area contributed by atoms with Crippen LogP contribution >= 0.6 is 0 Å². The van der Waals surface area contributed by atoms with Crippen LogP contribution in [0.3, 0.4) is 0 Å². The van der Waals surface area contributed by atoms with Crippen molar-refractivity contribution in [1.82, 2.24) is 19.6 Å². The molecule has 0 bridgehead atoms. The molecule has 1 aliphatic carbocycles. The first-order valence-corrected chi connectivity index (χ1v) is 11.1. The largest absolute Gasteiger partial charge is 0.393 e. The summed E-state index contributed by atoms with van der Waals surface area (Å²) >= 11 is 0. The fourth-order valence-electron chi connectivity index (χ4n) is 3.17. The molecule has 0 unspecified atom stereocenters. The fraction of sp³-hybridized carbons (Fsp3) is 0.421. The highest BCUT2D eigenvalue weighted by molar-refractivity contribution is 7.89. The Bertz CT molecular complexity index is 1140. The highest BCUT2D eigenvalue weighted by atomic mass is 32.2. The number of hydrogen-bond donors (Lipinski definition) is 4. The van der Waals surface area contributed by atoms with Crippen molar-refractivity contribution in [3.05, 3.63) is 45.5 Å². The van der Waals surface area contributed by atoms with Crippen molar-refractivity contribution in [3.63, 3.8) is 0 Å². The van der Waals surface area contributed by atoms with Crippen LogP contribution in [-0.4, -0.2) is 29.9 Å². The molecule has 3 rings (SSSR count). The molecule has 6 N–H and O–H groups in total. The molecule has 2 heterocycles. The van der Waals surface area contributed by atoms with Crippen molar-refractivity contribution in [2.45, 2.75) is 57.1 Å². The Morgan fingerprint density at radius 2 is 1.97 bits per heavy atom. The molecular formula is C19H26N6O4S. The summed E-state index contributed by atoms with van der Waals surface area (Å²) in [6.45, 7) is 3.28. The van der Waals surface area contributed by atoms with E-state index in [1.165, 1.54) is 6.07 Å². The molecule has 1 fully saturated rings. The lowest BCUT2D eigenvalue weighted by Gasteiger charge is -2.26. The number of hydrogen-bond acceptors (Lipinski definition) is 7. The smallest absolute Gasteiger partial charge is 0.275 e. The molecule has 0 aliphatic heterocycles. The summed E-state index contributed by atoms with van der Waals surface area (Å²) in [5.74, 6) is -0.0268. The van der Waals surface area contributed by atoms with Gasteiger partial charge in [0.25, 0.3) is 5.56 Å². The number of nitrogen functional groups attached to an aromatic ring is 2. The maximum Gasteiger partial charge on any atom is 0.275 e. The molecule has 11 heteroatoms. The van der Waals surface area contributed by atoms with Crippen molar-refractivity contribution >= 4 is 27.4 Å². The number of amides is 1. The molecule has 0 aromatic carbocycles. The number of anilines is 2. The second-order valence-electron chi connectivity index (χ2n) is 7.46. The average Bonchev–Trinajstić information content (AvgIpc) is 2.64. The molecule has 0 spiro atoms. The Hall–Kier alpha value is -2.92. The number of carbonyl (C=O) groups excluding carboxylic acids is 1. The van der Waals surface area contributed by atoms with E-state index in [-0.39, 0.29) is 24.0 Å². The standard InChI is InChI=1S/C19H26N6O4S/c1-11-8-15(30(28,29)24-14-4-3-5-14)18(21)19(27)25(11)10-17(26)22-9-13-6-7-16(20)23-12(13)2/h6-8,14,24H,3-5,9-10,21H2,1-2H3,(H2,20,23)(H,22,26). The fourth-order valence-corrected chi connectivity index (χ4v) is 4.68. The van der Waals surface area contributed by atoms with Crippen LogP contribution in [0.1, 0.15) is 36.2 Å². The Balaban J connectivity index is 1.75. The Labute approximate surface area is 174 Å². The highest BCUT2D eigenvalue weighted by Crippen LogP contribution is 2.23. The maximum atomic E-state index is 12.7. The zero-order valence-corrected chi connectivity index (χ0v) is 17.8. The number of aryl methyl sites for hydroxylation is 2. The van der Waals surface area contributed by atoms with Gasteiger partial charge in [-0.3, -0.25) is 9.59 Å². The molecule has 10 nitrogen and oxygen atoms in total. The summed E-state index contributed by atoms with van der Waals surface area (Å²) in [5.41, 5.74) is 12.2. The van der Waals surface area contributed by atoms with E-state index in [0.29, 0.717) is 17.2 Å². The van der Waals surface area contributed by atoms with E-state index >= 15 is 0 Å². The van der Waals surface area contributed by atoms with E-state index in [9.17, 15) is 18.0 Å². The lowest BCUT2D eigenvalue weighted by atomic mass is 9.94. The SMILES string of the molecule is Cc1nc(N)ccc1CNC(=O)Cn1c(C)cc(S(=O)(=O)NC2CCC2)c(N)c1=O. The zero-order valence-electron chi connectivity index (χ0n) is 16.9. The van der Waals surface area contributed by atoms with Crippen LogP contribution in [0.2, 0.25) is 0 Å². The molecule has 0 saturated heterocycles. The van der Waals surface area contributed by atoms with E-state index in [0.717, 1.165) is 29.4 Å². The third kappa shape index (κ3) is 4.62. The summed E-state index contributed by atoms with van der Waals surface area (Å²) in [5, 5.41) is 2.72. The summed E-state index contributed by atoms with van der Waals surface area (Å²) < 4.78 is 28.9. The molecule has 0 radical (unpaired) electrons. The summed E-state index contributed by atoms with van der Waals surface area (Å²) in [4.78, 5) is 28.9. The predicted octanol–water partition coefficient (Wildman–Crippen LogP) is 0.172. The minimum absolute atomic E-state index is 0.130. The number of pyridine rings is 2. The number of nitrogens with zero attached hydrogens (tertiary/aromatic N) is 2. The normalized spacial score (nSPS) is 14.3. The van der Waals surface area contributed by atoms with Gasteiger partial charge in [0.05, 0.1) is 0 Å². The first-order chi connectivity index (χ1) is 14.1. The molecule has 2 aromatic heterocycles. The van der Waals surface area contributed by atoms with Crippen molar-refractivity contribution in [1.29, 1.82) is 0 Å². The third-order valence-electron chi connectivity index (χ3n) is 5.22. The minimum Gasteiger partial charge on any atom is -0.393 e. The van der Waals surface area contributed by atoms with Gasteiger partial charge in [-0.1, -0.05) is 12.5 Å². The van der Waals surface area contributed by atoms with Crippen molar-refractivity contribution in [2.75, 3.05) is 11.5 Å². The van der Waals surface area contributed by atoms with Crippen molar-refractivity contribution in [3.8, 4) is 0 Å². The number of nitrogens with two attached hydrogens (primary N) is 2. The van der Waals surface area contributed by atoms with Gasteiger partial charge in [0.15, 0.2) is 0 Å². The van der Waals surface area contributed by atoms with Crippen LogP contribution in [0.4, 0.5) is 11.5 Å². The number of rotatable bonds is 7. The summed E-state index contributed by atoms with van der Waals surface area (Å²) in [7, 11) is -3.90. The van der Waals surface area contributed by atoms with Gasteiger partial charge >= 0.3 is 0 Å². The predicted molar refractivity (Wildman–Crippen MR) is 113 cm³/mol. The van der Waals surface area contributed by atoms with E-state index in [1.54, 1.807) is 26.0 Å². The van der Waals surface area contributed by atoms with E-state index in [4.69, 9.17) is 11.5 Å². The van der Waals surface area contributed by atoms with Crippen LogP contribution in [0.25, 0.3) is 0 Å². The lowest BCUT2D eigenvalue weighted by molar-refractivity contribution is -0.121. The second kappa shape index (κ2) is 8.44. The van der Waals surface area contributed by atoms with Crippen LogP contribution in [-0.2, 0) is 27.9 Å². The number of sulfonamides is 1.